The van der Waals surface area contributed by atoms with Gasteiger partial charge in [0.05, 0.1) is 23.5 Å². The van der Waals surface area contributed by atoms with Gasteiger partial charge >= 0.3 is 0 Å². The molecule has 12 heteroatoms. The molecule has 0 spiro atoms. The predicted molar refractivity (Wildman–Crippen MR) is 107 cm³/mol. The minimum absolute atomic E-state index is 0.0788. The quantitative estimate of drug-likeness (QED) is 0.465. The molecule has 1 aliphatic heterocycles. The van der Waals surface area contributed by atoms with E-state index in [2.05, 4.69) is 32.1 Å². The fraction of sp³-hybridized carbons (Fsp3) is 0.200. The molecule has 0 N–H and O–H groups in total. The number of aromatic nitrogens is 4. The van der Waals surface area contributed by atoms with Crippen LogP contribution in [0.15, 0.2) is 0 Å². The predicted octanol–water partition coefficient (Wildman–Crippen LogP) is 0.730. The van der Waals surface area contributed by atoms with E-state index in [1.54, 1.807) is 14.1 Å². The van der Waals surface area contributed by atoms with Crippen LogP contribution in [0.4, 0.5) is 11.4 Å². The SMILES string of the molecule is CN1c2c(c3nc(C#N)c(C#N)nc3c3nc(C#N)c(C#N)nc23)N(C)C(C#N)C1C#N. The minimum atomic E-state index is -0.900. The number of hydrogen-bond donors (Lipinski definition) is 0. The molecule has 32 heavy (non-hydrogen) atoms. The van der Waals surface area contributed by atoms with Gasteiger partial charge in [-0.2, -0.15) is 31.6 Å². The number of anilines is 2. The van der Waals surface area contributed by atoms with Crippen molar-refractivity contribution in [2.45, 2.75) is 12.1 Å². The second-order valence-corrected chi connectivity index (χ2v) is 6.75. The monoisotopic (exact) mass is 416 g/mol. The van der Waals surface area contributed by atoms with Crippen LogP contribution in [0.5, 0.6) is 0 Å². The Hall–Kier alpha value is -5.56. The number of fused-ring (bicyclic) bond motifs is 6. The first-order valence-corrected chi connectivity index (χ1v) is 8.90. The van der Waals surface area contributed by atoms with Gasteiger partial charge < -0.3 is 9.80 Å². The maximum atomic E-state index is 9.72. The molecule has 0 amide bonds. The summed E-state index contributed by atoms with van der Waals surface area (Å²) in [5.41, 5.74) is 0.188. The third kappa shape index (κ3) is 2.42. The van der Waals surface area contributed by atoms with Gasteiger partial charge in [-0.05, 0) is 0 Å². The van der Waals surface area contributed by atoms with Crippen LogP contribution in [-0.4, -0.2) is 46.1 Å². The highest BCUT2D eigenvalue weighted by molar-refractivity contribution is 6.16. The summed E-state index contributed by atoms with van der Waals surface area (Å²) in [5, 5.41) is 57.1. The first-order chi connectivity index (χ1) is 15.4. The fourth-order valence-corrected chi connectivity index (χ4v) is 3.75. The van der Waals surface area contributed by atoms with E-state index in [0.717, 1.165) is 0 Å². The summed E-state index contributed by atoms with van der Waals surface area (Å²) in [6, 6.07) is 9.67. The van der Waals surface area contributed by atoms with Crippen molar-refractivity contribution >= 4 is 33.4 Å². The average molecular weight is 416 g/mol. The molecule has 0 aliphatic carbocycles. The normalized spacial score (nSPS) is 16.8. The Labute approximate surface area is 180 Å². The Morgan fingerprint density at radius 1 is 0.531 bits per heavy atom. The van der Waals surface area contributed by atoms with E-state index in [1.165, 1.54) is 9.80 Å². The molecule has 0 bridgehead atoms. The number of likely N-dealkylation sites (N-methyl/N-ethyl adjacent to an activating group) is 2. The molecule has 2 unspecified atom stereocenters. The molecule has 0 saturated heterocycles. The number of benzene rings is 1. The Bertz CT molecular complexity index is 1480. The van der Waals surface area contributed by atoms with Gasteiger partial charge in [-0.1, -0.05) is 0 Å². The van der Waals surface area contributed by atoms with Crippen molar-refractivity contribution < 1.29 is 0 Å². The van der Waals surface area contributed by atoms with Gasteiger partial charge in [0.2, 0.25) is 0 Å². The molecular weight excluding hydrogens is 408 g/mol. The van der Waals surface area contributed by atoms with Crippen LogP contribution >= 0.6 is 0 Å². The molecule has 0 radical (unpaired) electrons. The summed E-state index contributed by atoms with van der Waals surface area (Å²) in [7, 11) is 3.17. The molecule has 3 aromatic rings. The summed E-state index contributed by atoms with van der Waals surface area (Å²) in [5.74, 6) is 0. The second kappa shape index (κ2) is 7.05. The van der Waals surface area contributed by atoms with Crippen LogP contribution in [0, 0.1) is 68.0 Å². The van der Waals surface area contributed by atoms with Crippen molar-refractivity contribution in [2.24, 2.45) is 0 Å². The van der Waals surface area contributed by atoms with Crippen molar-refractivity contribution in [3.8, 4) is 36.4 Å². The first kappa shape index (κ1) is 19.7. The van der Waals surface area contributed by atoms with Gasteiger partial charge in [0, 0.05) is 14.1 Å². The summed E-state index contributed by atoms with van der Waals surface area (Å²) in [6.07, 6.45) is 0. The minimum Gasteiger partial charge on any atom is -0.353 e. The Morgan fingerprint density at radius 2 is 0.812 bits per heavy atom. The van der Waals surface area contributed by atoms with E-state index in [4.69, 9.17) is 0 Å². The zero-order chi connectivity index (χ0) is 23.2. The Morgan fingerprint density at radius 3 is 1.06 bits per heavy atom. The largest absolute Gasteiger partial charge is 0.353 e. The number of nitriles is 6. The van der Waals surface area contributed by atoms with E-state index < -0.39 is 12.1 Å². The van der Waals surface area contributed by atoms with E-state index in [0.29, 0.717) is 11.4 Å². The highest BCUT2D eigenvalue weighted by Crippen LogP contribution is 2.45. The fourth-order valence-electron chi connectivity index (χ4n) is 3.75. The molecule has 12 nitrogen and oxygen atoms in total. The standard InChI is InChI=1S/C20H8N12/c1-31-13(7-25)14(8-26)32(2)20-18-16(28-10(4-22)12(6-24)30-18)15-17(19(20)31)29-11(5-23)9(3-21)27-15/h13-14H,1-2H3. The molecule has 1 aromatic carbocycles. The van der Waals surface area contributed by atoms with Crippen LogP contribution in [0.2, 0.25) is 0 Å². The molecule has 1 aliphatic rings. The third-order valence-corrected chi connectivity index (χ3v) is 5.22. The van der Waals surface area contributed by atoms with Gasteiger partial charge in [0.15, 0.2) is 34.9 Å². The molecule has 2 aromatic heterocycles. The van der Waals surface area contributed by atoms with Gasteiger partial charge in [-0.15, -0.1) is 0 Å². The van der Waals surface area contributed by atoms with Crippen molar-refractivity contribution in [1.82, 2.24) is 19.9 Å². The lowest BCUT2D eigenvalue weighted by molar-refractivity contribution is 0.628. The lowest BCUT2D eigenvalue weighted by Gasteiger charge is -2.42. The molecule has 3 heterocycles. The van der Waals surface area contributed by atoms with Crippen LogP contribution in [0.1, 0.15) is 22.8 Å². The zero-order valence-corrected chi connectivity index (χ0v) is 16.5. The smallest absolute Gasteiger partial charge is 0.177 e. The molecule has 148 valence electrons. The highest BCUT2D eigenvalue weighted by atomic mass is 15.3. The lowest BCUT2D eigenvalue weighted by Crippen LogP contribution is -2.52. The molecule has 4 rings (SSSR count). The molecule has 0 fully saturated rings. The summed E-state index contributed by atoms with van der Waals surface area (Å²) in [4.78, 5) is 20.2. The maximum absolute atomic E-state index is 9.72. The van der Waals surface area contributed by atoms with Crippen LogP contribution < -0.4 is 9.80 Å². The summed E-state index contributed by atoms with van der Waals surface area (Å²) < 4.78 is 0. The molecular formula is C20H8N12. The lowest BCUT2D eigenvalue weighted by atomic mass is 9.98. The van der Waals surface area contributed by atoms with Crippen molar-refractivity contribution in [1.29, 1.82) is 31.6 Å². The van der Waals surface area contributed by atoms with Crippen molar-refractivity contribution in [3.63, 3.8) is 0 Å². The number of rotatable bonds is 0. The van der Waals surface area contributed by atoms with E-state index in [-0.39, 0.29) is 44.8 Å². The van der Waals surface area contributed by atoms with Crippen LogP contribution in [0.3, 0.4) is 0 Å². The molecule has 2 atom stereocenters. The number of hydrogen-bond acceptors (Lipinski definition) is 12. The first-order valence-electron chi connectivity index (χ1n) is 8.90. The summed E-state index contributed by atoms with van der Waals surface area (Å²) >= 11 is 0. The highest BCUT2D eigenvalue weighted by Gasteiger charge is 2.40. The van der Waals surface area contributed by atoms with Crippen LogP contribution in [-0.2, 0) is 0 Å². The van der Waals surface area contributed by atoms with E-state index >= 15 is 0 Å². The van der Waals surface area contributed by atoms with Crippen LogP contribution in [0.25, 0.3) is 22.1 Å². The number of nitrogens with zero attached hydrogens (tertiary/aromatic N) is 12. The van der Waals surface area contributed by atoms with Gasteiger partial charge in [0.1, 0.15) is 46.3 Å². The Kier molecular flexibility index (Phi) is 4.35. The topological polar surface area (TPSA) is 201 Å². The average Bonchev–Trinajstić information content (AvgIpc) is 2.83. The van der Waals surface area contributed by atoms with Gasteiger partial charge in [0.25, 0.3) is 0 Å². The zero-order valence-electron chi connectivity index (χ0n) is 16.5. The van der Waals surface area contributed by atoms with E-state index in [1.807, 2.05) is 24.3 Å². The van der Waals surface area contributed by atoms with Gasteiger partial charge in [-0.25, -0.2) is 19.9 Å². The van der Waals surface area contributed by atoms with E-state index in [9.17, 15) is 31.6 Å². The Balaban J connectivity index is 2.34. The van der Waals surface area contributed by atoms with Gasteiger partial charge in [-0.3, -0.25) is 0 Å². The third-order valence-electron chi connectivity index (χ3n) is 5.22. The summed E-state index contributed by atoms with van der Waals surface area (Å²) in [6.45, 7) is 0. The second-order valence-electron chi connectivity index (χ2n) is 6.75. The molecule has 0 saturated carbocycles. The maximum Gasteiger partial charge on any atom is 0.177 e. The van der Waals surface area contributed by atoms with Crippen molar-refractivity contribution in [3.05, 3.63) is 22.8 Å². The van der Waals surface area contributed by atoms with Crippen molar-refractivity contribution in [2.75, 3.05) is 23.9 Å².